The molecule has 1 aromatic carbocycles. The smallest absolute Gasteiger partial charge is 0.410 e. The van der Waals surface area contributed by atoms with Crippen molar-refractivity contribution in [1.82, 2.24) is 19.1 Å². The summed E-state index contributed by atoms with van der Waals surface area (Å²) in [6.07, 6.45) is -3.57. The molecule has 0 spiro atoms. The van der Waals surface area contributed by atoms with E-state index in [9.17, 15) is 22.8 Å². The minimum Gasteiger partial charge on any atom is -0.467 e. The summed E-state index contributed by atoms with van der Waals surface area (Å²) < 4.78 is 50.5. The Hall–Kier alpha value is -4.22. The highest BCUT2D eigenvalue weighted by Crippen LogP contribution is 2.43. The lowest BCUT2D eigenvalue weighted by Crippen LogP contribution is -2.35. The summed E-state index contributed by atoms with van der Waals surface area (Å²) in [6.45, 7) is 1.66. The second kappa shape index (κ2) is 8.22. The topological polar surface area (TPSA) is 99.0 Å². The van der Waals surface area contributed by atoms with Crippen molar-refractivity contribution < 1.29 is 22.4 Å². The first-order valence-electron chi connectivity index (χ1n) is 10.8. The van der Waals surface area contributed by atoms with Crippen LogP contribution in [0, 0.1) is 6.92 Å². The van der Waals surface area contributed by atoms with E-state index in [1.165, 1.54) is 17.0 Å². The van der Waals surface area contributed by atoms with E-state index in [0.717, 1.165) is 4.68 Å². The summed E-state index contributed by atoms with van der Waals surface area (Å²) in [4.78, 5) is 26.0. The Labute approximate surface area is 196 Å². The summed E-state index contributed by atoms with van der Waals surface area (Å²) >= 11 is 0. The lowest BCUT2D eigenvalue weighted by atomic mass is 10.0. The zero-order valence-electron chi connectivity index (χ0n) is 18.7. The Bertz CT molecular complexity index is 1430. The molecule has 2 atom stereocenters. The number of carbonyl (C=O) groups excluding carboxylic acids is 1. The molecule has 0 aliphatic carbocycles. The van der Waals surface area contributed by atoms with Gasteiger partial charge in [0.25, 0.3) is 11.5 Å². The van der Waals surface area contributed by atoms with Gasteiger partial charge in [0.1, 0.15) is 17.3 Å². The van der Waals surface area contributed by atoms with Crippen LogP contribution in [0.3, 0.4) is 0 Å². The van der Waals surface area contributed by atoms with Crippen LogP contribution >= 0.6 is 0 Å². The van der Waals surface area contributed by atoms with Gasteiger partial charge in [-0.1, -0.05) is 18.2 Å². The fraction of sp³-hybridized carbons (Fsp3) is 0.261. The van der Waals surface area contributed by atoms with Gasteiger partial charge >= 0.3 is 6.18 Å². The molecular formula is C23H21F3N6O3. The molecule has 1 aliphatic heterocycles. The summed E-state index contributed by atoms with van der Waals surface area (Å²) in [5.41, 5.74) is 0.358. The van der Waals surface area contributed by atoms with Gasteiger partial charge in [-0.15, -0.1) is 0 Å². The minimum absolute atomic E-state index is 0.0149. The number of para-hydroxylation sites is 1. The second-order valence-corrected chi connectivity index (χ2v) is 8.26. The third kappa shape index (κ3) is 3.90. The molecule has 4 aromatic rings. The molecule has 3 aromatic heterocycles. The van der Waals surface area contributed by atoms with Gasteiger partial charge in [0, 0.05) is 19.5 Å². The summed E-state index contributed by atoms with van der Waals surface area (Å²) in [6, 6.07) is 10.6. The first-order valence-corrected chi connectivity index (χ1v) is 10.8. The highest BCUT2D eigenvalue weighted by atomic mass is 19.4. The van der Waals surface area contributed by atoms with Crippen LogP contribution in [0.15, 0.2) is 64.0 Å². The molecule has 12 heteroatoms. The Balaban J connectivity index is 1.47. The molecular weight excluding hydrogens is 465 g/mol. The van der Waals surface area contributed by atoms with Crippen LogP contribution in [0.2, 0.25) is 0 Å². The predicted molar refractivity (Wildman–Crippen MR) is 121 cm³/mol. The quantitative estimate of drug-likeness (QED) is 0.451. The maximum absolute atomic E-state index is 13.8. The van der Waals surface area contributed by atoms with Crippen LogP contribution in [-0.2, 0) is 7.05 Å². The Morgan fingerprint density at radius 1 is 1.20 bits per heavy atom. The average molecular weight is 486 g/mol. The molecule has 0 fully saturated rings. The van der Waals surface area contributed by atoms with Crippen molar-refractivity contribution in [2.24, 2.45) is 7.05 Å². The molecule has 2 N–H and O–H groups in total. The number of carbonyl (C=O) groups is 1. The number of nitrogens with zero attached hydrogens (tertiary/aromatic N) is 4. The van der Waals surface area contributed by atoms with E-state index in [-0.39, 0.29) is 23.6 Å². The van der Waals surface area contributed by atoms with Gasteiger partial charge in [0.15, 0.2) is 11.7 Å². The maximum atomic E-state index is 13.8. The lowest BCUT2D eigenvalue weighted by molar-refractivity contribution is -0.174. The Kier molecular flexibility index (Phi) is 5.30. The molecule has 0 bridgehead atoms. The largest absolute Gasteiger partial charge is 0.467 e. The second-order valence-electron chi connectivity index (χ2n) is 8.26. The van der Waals surface area contributed by atoms with Crippen molar-refractivity contribution in [3.05, 3.63) is 82.3 Å². The first kappa shape index (κ1) is 22.6. The van der Waals surface area contributed by atoms with Crippen molar-refractivity contribution >= 4 is 17.4 Å². The lowest BCUT2D eigenvalue weighted by Gasteiger charge is -2.32. The molecule has 9 nitrogen and oxygen atoms in total. The van der Waals surface area contributed by atoms with Gasteiger partial charge in [0.05, 0.1) is 23.7 Å². The number of furan rings is 1. The normalized spacial score (nSPS) is 17.6. The summed E-state index contributed by atoms with van der Waals surface area (Å²) in [7, 11) is 1.67. The van der Waals surface area contributed by atoms with Crippen LogP contribution in [-0.4, -0.2) is 31.2 Å². The van der Waals surface area contributed by atoms with Gasteiger partial charge in [-0.3, -0.25) is 14.3 Å². The number of rotatable bonds is 4. The van der Waals surface area contributed by atoms with Crippen molar-refractivity contribution in [2.45, 2.75) is 31.6 Å². The Morgan fingerprint density at radius 3 is 2.60 bits per heavy atom. The molecule has 182 valence electrons. The standard InChI is InChI=1S/C23H21F3N6O3/c1-13-20(22(34)32(30(13)2)14-7-4-3-5-8-14)28-21(33)16-12-19-27-15(17-9-6-10-35-17)11-18(23(24,25)26)31(19)29-16/h3-10,12,15,18,27H,11H2,1-2H3,(H,28,33)/t15-,18+/m0/s1. The molecule has 0 saturated carbocycles. The molecule has 35 heavy (non-hydrogen) atoms. The number of amides is 1. The summed E-state index contributed by atoms with van der Waals surface area (Å²) in [5, 5.41) is 9.42. The number of nitrogens with one attached hydrogen (secondary N) is 2. The van der Waals surface area contributed by atoms with E-state index in [2.05, 4.69) is 15.7 Å². The van der Waals surface area contributed by atoms with Crippen LogP contribution in [0.25, 0.3) is 5.69 Å². The van der Waals surface area contributed by atoms with Gasteiger partial charge in [0.2, 0.25) is 0 Å². The van der Waals surface area contributed by atoms with E-state index < -0.39 is 29.7 Å². The molecule has 0 unspecified atom stereocenters. The van der Waals surface area contributed by atoms with Crippen LogP contribution in [0.4, 0.5) is 24.7 Å². The molecule has 4 heterocycles. The van der Waals surface area contributed by atoms with Gasteiger partial charge in [-0.2, -0.15) is 18.3 Å². The third-order valence-electron chi connectivity index (χ3n) is 6.10. The zero-order chi connectivity index (χ0) is 24.9. The fourth-order valence-corrected chi connectivity index (χ4v) is 4.25. The number of hydrogen-bond acceptors (Lipinski definition) is 5. The van der Waals surface area contributed by atoms with Crippen molar-refractivity contribution in [3.8, 4) is 5.69 Å². The van der Waals surface area contributed by atoms with Crippen molar-refractivity contribution in [3.63, 3.8) is 0 Å². The molecule has 1 amide bonds. The number of alkyl halides is 3. The minimum atomic E-state index is -4.60. The van der Waals surface area contributed by atoms with Crippen molar-refractivity contribution in [2.75, 3.05) is 10.6 Å². The molecule has 0 saturated heterocycles. The fourth-order valence-electron chi connectivity index (χ4n) is 4.25. The van der Waals surface area contributed by atoms with Gasteiger partial charge < -0.3 is 15.1 Å². The summed E-state index contributed by atoms with van der Waals surface area (Å²) in [5.74, 6) is -0.425. The highest BCUT2D eigenvalue weighted by molar-refractivity contribution is 6.03. The van der Waals surface area contributed by atoms with E-state index in [1.807, 2.05) is 6.07 Å². The number of anilines is 2. The number of benzene rings is 1. The van der Waals surface area contributed by atoms with Gasteiger partial charge in [-0.05, 0) is 31.2 Å². The monoisotopic (exact) mass is 486 g/mol. The number of halogens is 3. The highest BCUT2D eigenvalue weighted by Gasteiger charge is 2.47. The van der Waals surface area contributed by atoms with Crippen LogP contribution < -0.4 is 16.2 Å². The maximum Gasteiger partial charge on any atom is 0.410 e. The van der Waals surface area contributed by atoms with Gasteiger partial charge in [-0.25, -0.2) is 9.36 Å². The predicted octanol–water partition coefficient (Wildman–Crippen LogP) is 4.19. The molecule has 5 rings (SSSR count). The van der Waals surface area contributed by atoms with Crippen LogP contribution in [0.1, 0.15) is 40.4 Å². The molecule has 0 radical (unpaired) electrons. The Morgan fingerprint density at radius 2 is 1.94 bits per heavy atom. The number of hydrogen-bond donors (Lipinski definition) is 2. The van der Waals surface area contributed by atoms with Crippen molar-refractivity contribution in [1.29, 1.82) is 0 Å². The number of aromatic nitrogens is 4. The molecule has 1 aliphatic rings. The SMILES string of the molecule is Cc1c(NC(=O)c2cc3n(n2)[C@@H](C(F)(F)F)C[C@@H](c2ccco2)N3)c(=O)n(-c2ccccc2)n1C. The first-order chi connectivity index (χ1) is 16.6. The van der Waals surface area contributed by atoms with E-state index in [4.69, 9.17) is 4.42 Å². The van der Waals surface area contributed by atoms with E-state index in [1.54, 1.807) is 55.1 Å². The third-order valence-corrected chi connectivity index (χ3v) is 6.10. The van der Waals surface area contributed by atoms with E-state index in [0.29, 0.717) is 17.1 Å². The average Bonchev–Trinajstić information content (AvgIpc) is 3.55. The van der Waals surface area contributed by atoms with E-state index >= 15 is 0 Å². The zero-order valence-corrected chi connectivity index (χ0v) is 18.7. The van der Waals surface area contributed by atoms with Crippen LogP contribution in [0.5, 0.6) is 0 Å². The number of fused-ring (bicyclic) bond motifs is 1.